The Morgan fingerprint density at radius 2 is 2.05 bits per heavy atom. The van der Waals surface area contributed by atoms with Gasteiger partial charge in [0.15, 0.2) is 6.61 Å². The first-order valence-electron chi connectivity index (χ1n) is 5.72. The first kappa shape index (κ1) is 18.0. The van der Waals surface area contributed by atoms with Crippen LogP contribution in [0.1, 0.15) is 26.3 Å². The summed E-state index contributed by atoms with van der Waals surface area (Å²) in [5.74, 6) is 0.120. The summed E-state index contributed by atoms with van der Waals surface area (Å²) >= 11 is 5.95. The standard InChI is InChI=1S/C13H19ClN2O2.ClH/c1-13(2,3)16-7-9-6-10(14)4-5-11(9)18-8-12(15)17;/h4-6,16H,7-8H2,1-3H3,(H2,15,17);1H. The summed E-state index contributed by atoms with van der Waals surface area (Å²) in [6.45, 7) is 6.69. The zero-order valence-corrected chi connectivity index (χ0v) is 12.9. The van der Waals surface area contributed by atoms with Gasteiger partial charge in [-0.1, -0.05) is 11.6 Å². The highest BCUT2D eigenvalue weighted by Crippen LogP contribution is 2.23. The molecule has 3 N–H and O–H groups in total. The van der Waals surface area contributed by atoms with Crippen molar-refractivity contribution in [3.63, 3.8) is 0 Å². The van der Waals surface area contributed by atoms with Gasteiger partial charge in [0, 0.05) is 22.7 Å². The molecule has 0 aromatic heterocycles. The van der Waals surface area contributed by atoms with Crippen molar-refractivity contribution >= 4 is 29.9 Å². The van der Waals surface area contributed by atoms with Crippen molar-refractivity contribution in [1.29, 1.82) is 0 Å². The van der Waals surface area contributed by atoms with E-state index in [1.165, 1.54) is 0 Å². The normalized spacial score (nSPS) is 10.7. The topological polar surface area (TPSA) is 64.3 Å². The summed E-state index contributed by atoms with van der Waals surface area (Å²) in [7, 11) is 0. The molecule has 0 saturated heterocycles. The summed E-state index contributed by atoms with van der Waals surface area (Å²) in [4.78, 5) is 10.7. The highest BCUT2D eigenvalue weighted by atomic mass is 35.5. The molecule has 1 rings (SSSR count). The number of nitrogens with one attached hydrogen (secondary N) is 1. The number of ether oxygens (including phenoxy) is 1. The van der Waals surface area contributed by atoms with Crippen LogP contribution in [0.2, 0.25) is 5.02 Å². The van der Waals surface area contributed by atoms with Gasteiger partial charge >= 0.3 is 0 Å². The Bertz CT molecular complexity index is 431. The van der Waals surface area contributed by atoms with Crippen LogP contribution in [0.4, 0.5) is 0 Å². The molecule has 1 amide bonds. The molecule has 0 bridgehead atoms. The Morgan fingerprint density at radius 3 is 2.58 bits per heavy atom. The molecule has 1 aromatic carbocycles. The molecule has 0 aliphatic heterocycles. The van der Waals surface area contributed by atoms with Gasteiger partial charge in [0.1, 0.15) is 5.75 Å². The van der Waals surface area contributed by atoms with Crippen molar-refractivity contribution < 1.29 is 9.53 Å². The second-order valence-corrected chi connectivity index (χ2v) is 5.55. The summed E-state index contributed by atoms with van der Waals surface area (Å²) in [6, 6.07) is 5.28. The predicted octanol–water partition coefficient (Wildman–Crippen LogP) is 2.51. The number of nitrogens with two attached hydrogens (primary N) is 1. The van der Waals surface area contributed by atoms with Crippen molar-refractivity contribution in [2.75, 3.05) is 6.61 Å². The van der Waals surface area contributed by atoms with E-state index < -0.39 is 5.91 Å². The second kappa shape index (κ2) is 7.58. The van der Waals surface area contributed by atoms with Crippen LogP contribution in [-0.2, 0) is 11.3 Å². The Kier molecular flexibility index (Phi) is 7.19. The van der Waals surface area contributed by atoms with E-state index >= 15 is 0 Å². The largest absolute Gasteiger partial charge is 0.483 e. The van der Waals surface area contributed by atoms with Crippen molar-refractivity contribution in [3.05, 3.63) is 28.8 Å². The smallest absolute Gasteiger partial charge is 0.255 e. The van der Waals surface area contributed by atoms with Crippen molar-refractivity contribution in [3.8, 4) is 5.75 Å². The third-order valence-corrected chi connectivity index (χ3v) is 2.44. The van der Waals surface area contributed by atoms with Crippen LogP contribution in [0, 0.1) is 0 Å². The van der Waals surface area contributed by atoms with Crippen LogP contribution >= 0.6 is 24.0 Å². The zero-order chi connectivity index (χ0) is 13.8. The minimum absolute atomic E-state index is 0. The average molecular weight is 307 g/mol. The van der Waals surface area contributed by atoms with E-state index in [2.05, 4.69) is 26.1 Å². The molecule has 0 radical (unpaired) electrons. The zero-order valence-electron chi connectivity index (χ0n) is 11.3. The number of primary amides is 1. The first-order valence-corrected chi connectivity index (χ1v) is 6.10. The van der Waals surface area contributed by atoms with E-state index in [0.717, 1.165) is 5.56 Å². The van der Waals surface area contributed by atoms with Gasteiger partial charge in [-0.3, -0.25) is 4.79 Å². The number of rotatable bonds is 5. The second-order valence-electron chi connectivity index (χ2n) is 5.11. The Balaban J connectivity index is 0.00000324. The van der Waals surface area contributed by atoms with E-state index in [9.17, 15) is 4.79 Å². The molecular weight excluding hydrogens is 287 g/mol. The maximum absolute atomic E-state index is 10.7. The maximum atomic E-state index is 10.7. The van der Waals surface area contributed by atoms with Gasteiger partial charge < -0.3 is 15.8 Å². The van der Waals surface area contributed by atoms with Crippen LogP contribution in [-0.4, -0.2) is 18.1 Å². The van der Waals surface area contributed by atoms with E-state index in [1.807, 2.05) is 6.07 Å². The molecule has 0 aliphatic carbocycles. The average Bonchev–Trinajstić information content (AvgIpc) is 2.23. The van der Waals surface area contributed by atoms with Crippen LogP contribution < -0.4 is 15.8 Å². The predicted molar refractivity (Wildman–Crippen MR) is 80.0 cm³/mol. The summed E-state index contributed by atoms with van der Waals surface area (Å²) in [6.07, 6.45) is 0. The molecule has 0 spiro atoms. The minimum atomic E-state index is -0.500. The van der Waals surface area contributed by atoms with Gasteiger partial charge in [-0.2, -0.15) is 0 Å². The lowest BCUT2D eigenvalue weighted by molar-refractivity contribution is -0.119. The van der Waals surface area contributed by atoms with E-state index in [1.54, 1.807) is 12.1 Å². The Labute approximate surface area is 125 Å². The lowest BCUT2D eigenvalue weighted by Crippen LogP contribution is -2.35. The summed E-state index contributed by atoms with van der Waals surface area (Å²) in [5, 5.41) is 3.97. The number of carbonyl (C=O) groups is 1. The molecule has 6 heteroatoms. The van der Waals surface area contributed by atoms with Crippen LogP contribution in [0.3, 0.4) is 0 Å². The Hall–Kier alpha value is -0.970. The molecular formula is C13H20Cl2N2O2. The maximum Gasteiger partial charge on any atom is 0.255 e. The molecule has 0 atom stereocenters. The number of hydrogen-bond acceptors (Lipinski definition) is 3. The van der Waals surface area contributed by atoms with Crippen molar-refractivity contribution in [1.82, 2.24) is 5.32 Å². The molecule has 4 nitrogen and oxygen atoms in total. The molecule has 0 saturated carbocycles. The van der Waals surface area contributed by atoms with E-state index in [0.29, 0.717) is 17.3 Å². The van der Waals surface area contributed by atoms with Gasteiger partial charge in [-0.15, -0.1) is 12.4 Å². The molecule has 0 heterocycles. The minimum Gasteiger partial charge on any atom is -0.483 e. The fraction of sp³-hybridized carbons (Fsp3) is 0.462. The van der Waals surface area contributed by atoms with Gasteiger partial charge in [-0.05, 0) is 39.0 Å². The molecule has 1 aromatic rings. The quantitative estimate of drug-likeness (QED) is 0.878. The lowest BCUT2D eigenvalue weighted by Gasteiger charge is -2.21. The van der Waals surface area contributed by atoms with E-state index in [-0.39, 0.29) is 24.6 Å². The number of carbonyl (C=O) groups excluding carboxylic acids is 1. The SMILES string of the molecule is CC(C)(C)NCc1cc(Cl)ccc1OCC(N)=O.Cl. The van der Waals surface area contributed by atoms with Crippen LogP contribution in [0.25, 0.3) is 0 Å². The monoisotopic (exact) mass is 306 g/mol. The van der Waals surface area contributed by atoms with Gasteiger partial charge in [0.2, 0.25) is 0 Å². The molecule has 0 fully saturated rings. The Morgan fingerprint density at radius 1 is 1.42 bits per heavy atom. The fourth-order valence-corrected chi connectivity index (χ4v) is 1.53. The molecule has 19 heavy (non-hydrogen) atoms. The first-order chi connectivity index (χ1) is 8.28. The van der Waals surface area contributed by atoms with Gasteiger partial charge in [0.05, 0.1) is 0 Å². The highest BCUT2D eigenvalue weighted by molar-refractivity contribution is 6.30. The van der Waals surface area contributed by atoms with Crippen molar-refractivity contribution in [2.45, 2.75) is 32.9 Å². The van der Waals surface area contributed by atoms with Crippen molar-refractivity contribution in [2.24, 2.45) is 5.73 Å². The molecule has 0 aliphatic rings. The third kappa shape index (κ3) is 7.25. The van der Waals surface area contributed by atoms with Gasteiger partial charge in [0.25, 0.3) is 5.91 Å². The highest BCUT2D eigenvalue weighted by Gasteiger charge is 2.12. The molecule has 0 unspecified atom stereocenters. The van der Waals surface area contributed by atoms with Crippen LogP contribution in [0.15, 0.2) is 18.2 Å². The molecule has 108 valence electrons. The number of amides is 1. The fourth-order valence-electron chi connectivity index (χ4n) is 1.34. The third-order valence-electron chi connectivity index (χ3n) is 2.20. The van der Waals surface area contributed by atoms with Crippen LogP contribution in [0.5, 0.6) is 5.75 Å². The number of benzene rings is 1. The van der Waals surface area contributed by atoms with E-state index in [4.69, 9.17) is 22.1 Å². The summed E-state index contributed by atoms with van der Waals surface area (Å²) in [5.41, 5.74) is 5.95. The number of halogens is 2. The number of hydrogen-bond donors (Lipinski definition) is 2. The van der Waals surface area contributed by atoms with Gasteiger partial charge in [-0.25, -0.2) is 0 Å². The lowest BCUT2D eigenvalue weighted by atomic mass is 10.1. The summed E-state index contributed by atoms with van der Waals surface area (Å²) < 4.78 is 5.35.